The fraction of sp³-hybridized carbons (Fsp3) is 0.333. The quantitative estimate of drug-likeness (QED) is 0.362. The van der Waals surface area contributed by atoms with Gasteiger partial charge in [0.1, 0.15) is 11.8 Å². The van der Waals surface area contributed by atoms with Gasteiger partial charge in [-0.1, -0.05) is 60.7 Å². The molecule has 4 rings (SSSR count). The van der Waals surface area contributed by atoms with Crippen LogP contribution < -0.4 is 10.1 Å². The number of nitrogens with one attached hydrogen (secondary N) is 1. The first-order chi connectivity index (χ1) is 19.4. The van der Waals surface area contributed by atoms with Gasteiger partial charge in [0.15, 0.2) is 6.61 Å². The zero-order valence-corrected chi connectivity index (χ0v) is 23.4. The fourth-order valence-electron chi connectivity index (χ4n) is 4.50. The molecule has 3 aromatic carbocycles. The average Bonchev–Trinajstić information content (AvgIpc) is 2.99. The molecule has 3 aromatic rings. The molecule has 0 bridgehead atoms. The van der Waals surface area contributed by atoms with Gasteiger partial charge in [0, 0.05) is 32.6 Å². The van der Waals surface area contributed by atoms with E-state index in [0.717, 1.165) is 11.1 Å². The van der Waals surface area contributed by atoms with Crippen LogP contribution in [0.15, 0.2) is 89.8 Å². The van der Waals surface area contributed by atoms with E-state index < -0.39 is 16.1 Å². The number of nitrogens with zero attached hydrogens (tertiary/aromatic N) is 2. The molecule has 0 radical (unpaired) electrons. The van der Waals surface area contributed by atoms with E-state index in [0.29, 0.717) is 45.0 Å². The third kappa shape index (κ3) is 7.68. The van der Waals surface area contributed by atoms with Crippen LogP contribution in [0.25, 0.3) is 0 Å². The number of benzene rings is 3. The van der Waals surface area contributed by atoms with Gasteiger partial charge < -0.3 is 19.7 Å². The lowest BCUT2D eigenvalue weighted by Gasteiger charge is -2.31. The minimum Gasteiger partial charge on any atom is -0.484 e. The number of hydrogen-bond acceptors (Lipinski definition) is 6. The first-order valence-corrected chi connectivity index (χ1v) is 14.8. The van der Waals surface area contributed by atoms with Crippen molar-refractivity contribution in [3.05, 3.63) is 96.1 Å². The summed E-state index contributed by atoms with van der Waals surface area (Å²) in [4.78, 5) is 28.5. The molecule has 1 atom stereocenters. The molecule has 0 unspecified atom stereocenters. The van der Waals surface area contributed by atoms with Crippen LogP contribution in [0.1, 0.15) is 18.1 Å². The maximum Gasteiger partial charge on any atom is 0.261 e. The molecule has 9 nitrogen and oxygen atoms in total. The van der Waals surface area contributed by atoms with Crippen molar-refractivity contribution in [1.82, 2.24) is 14.5 Å². The number of sulfonamides is 1. The highest BCUT2D eigenvalue weighted by Gasteiger charge is 2.31. The van der Waals surface area contributed by atoms with Gasteiger partial charge in [0.2, 0.25) is 15.9 Å². The van der Waals surface area contributed by atoms with Gasteiger partial charge in [-0.05, 0) is 42.3 Å². The average molecular weight is 566 g/mol. The van der Waals surface area contributed by atoms with Crippen LogP contribution in [0.4, 0.5) is 0 Å². The van der Waals surface area contributed by atoms with Crippen LogP contribution in [0.5, 0.6) is 5.75 Å². The van der Waals surface area contributed by atoms with E-state index in [1.54, 1.807) is 4.90 Å². The molecule has 1 heterocycles. The highest BCUT2D eigenvalue weighted by molar-refractivity contribution is 7.89. The van der Waals surface area contributed by atoms with Crippen molar-refractivity contribution in [3.8, 4) is 5.75 Å². The molecular formula is C30H35N3O6S. The van der Waals surface area contributed by atoms with E-state index in [2.05, 4.69) is 5.32 Å². The van der Waals surface area contributed by atoms with Gasteiger partial charge in [0.25, 0.3) is 5.91 Å². The van der Waals surface area contributed by atoms with E-state index in [9.17, 15) is 18.0 Å². The SMILES string of the molecule is CCNC(=O)[C@H](Cc1ccccc1)N(Cc1ccccc1)C(=O)COc1ccc(S(=O)(=O)N2CCOCC2)cc1. The minimum absolute atomic E-state index is 0.151. The molecule has 2 amide bonds. The van der Waals surface area contributed by atoms with Crippen LogP contribution in [-0.4, -0.2) is 74.9 Å². The van der Waals surface area contributed by atoms with Gasteiger partial charge in [-0.2, -0.15) is 4.31 Å². The van der Waals surface area contributed by atoms with Gasteiger partial charge >= 0.3 is 0 Å². The minimum atomic E-state index is -3.64. The molecule has 1 N–H and O–H groups in total. The summed E-state index contributed by atoms with van der Waals surface area (Å²) in [5.74, 6) is -0.249. The second kappa shape index (κ2) is 14.1. The lowest BCUT2D eigenvalue weighted by Crippen LogP contribution is -2.51. The Bertz CT molecular complexity index is 1350. The third-order valence-electron chi connectivity index (χ3n) is 6.61. The van der Waals surface area contributed by atoms with Crippen molar-refractivity contribution in [2.45, 2.75) is 30.8 Å². The molecule has 0 spiro atoms. The summed E-state index contributed by atoms with van der Waals surface area (Å²) < 4.78 is 38.2. The van der Waals surface area contributed by atoms with E-state index in [4.69, 9.17) is 9.47 Å². The number of ether oxygens (including phenoxy) is 2. The van der Waals surface area contributed by atoms with E-state index in [1.807, 2.05) is 67.6 Å². The number of hydrogen-bond donors (Lipinski definition) is 1. The topological polar surface area (TPSA) is 105 Å². The lowest BCUT2D eigenvalue weighted by molar-refractivity contribution is -0.142. The first-order valence-electron chi connectivity index (χ1n) is 13.3. The second-order valence-corrected chi connectivity index (χ2v) is 11.3. The molecular weight excluding hydrogens is 530 g/mol. The Morgan fingerprint density at radius 1 is 0.925 bits per heavy atom. The monoisotopic (exact) mass is 565 g/mol. The first kappa shape index (κ1) is 29.3. The summed E-state index contributed by atoms with van der Waals surface area (Å²) in [7, 11) is -3.64. The molecule has 212 valence electrons. The standard InChI is InChI=1S/C30H35N3O6S/c1-2-31-30(35)28(21-24-9-5-3-6-10-24)33(22-25-11-7-4-8-12-25)29(34)23-39-26-13-15-27(16-14-26)40(36,37)32-17-19-38-20-18-32/h3-16,28H,2,17-23H2,1H3,(H,31,35)/t28-/m0/s1. The molecule has 1 saturated heterocycles. The largest absolute Gasteiger partial charge is 0.484 e. The number of morpholine rings is 1. The van der Waals surface area contributed by atoms with Crippen LogP contribution in [0.3, 0.4) is 0 Å². The van der Waals surface area contributed by atoms with Crippen LogP contribution in [0, 0.1) is 0 Å². The molecule has 10 heteroatoms. The van der Waals surface area contributed by atoms with Crippen molar-refractivity contribution in [2.24, 2.45) is 0 Å². The maximum atomic E-state index is 13.6. The smallest absolute Gasteiger partial charge is 0.261 e. The van der Waals surface area contributed by atoms with E-state index in [-0.39, 0.29) is 29.9 Å². The van der Waals surface area contributed by atoms with Crippen LogP contribution in [0.2, 0.25) is 0 Å². The normalized spacial score (nSPS) is 14.7. The molecule has 40 heavy (non-hydrogen) atoms. The summed E-state index contributed by atoms with van der Waals surface area (Å²) >= 11 is 0. The Morgan fingerprint density at radius 3 is 2.12 bits per heavy atom. The van der Waals surface area contributed by atoms with Crippen LogP contribution in [-0.2, 0) is 37.3 Å². The summed E-state index contributed by atoms with van der Waals surface area (Å²) in [6.07, 6.45) is 0.347. The zero-order chi connectivity index (χ0) is 28.4. The lowest BCUT2D eigenvalue weighted by atomic mass is 10.0. The second-order valence-electron chi connectivity index (χ2n) is 9.38. The predicted molar refractivity (Wildman–Crippen MR) is 151 cm³/mol. The highest BCUT2D eigenvalue weighted by atomic mass is 32.2. The van der Waals surface area contributed by atoms with E-state index in [1.165, 1.54) is 28.6 Å². The number of carbonyl (C=O) groups is 2. The Labute approximate surface area is 235 Å². The van der Waals surface area contributed by atoms with Gasteiger partial charge in [-0.3, -0.25) is 9.59 Å². The summed E-state index contributed by atoms with van der Waals surface area (Å²) in [5, 5.41) is 2.87. The van der Waals surface area contributed by atoms with Crippen molar-refractivity contribution >= 4 is 21.8 Å². The van der Waals surface area contributed by atoms with Gasteiger partial charge in [-0.25, -0.2) is 8.42 Å². The number of amides is 2. The fourth-order valence-corrected chi connectivity index (χ4v) is 5.91. The predicted octanol–water partition coefficient (Wildman–Crippen LogP) is 2.86. The molecule has 0 saturated carbocycles. The number of carbonyl (C=O) groups excluding carboxylic acids is 2. The maximum absolute atomic E-state index is 13.6. The Hall–Kier alpha value is -3.73. The van der Waals surface area contributed by atoms with E-state index >= 15 is 0 Å². The van der Waals surface area contributed by atoms with Crippen LogP contribution >= 0.6 is 0 Å². The summed E-state index contributed by atoms with van der Waals surface area (Å²) in [6.45, 7) is 3.54. The third-order valence-corrected chi connectivity index (χ3v) is 8.52. The summed E-state index contributed by atoms with van der Waals surface area (Å²) in [5.41, 5.74) is 1.82. The molecule has 0 aliphatic carbocycles. The van der Waals surface area contributed by atoms with Crippen molar-refractivity contribution < 1.29 is 27.5 Å². The van der Waals surface area contributed by atoms with Crippen molar-refractivity contribution in [2.75, 3.05) is 39.5 Å². The van der Waals surface area contributed by atoms with Gasteiger partial charge in [-0.15, -0.1) is 0 Å². The number of rotatable bonds is 12. The molecule has 1 fully saturated rings. The molecule has 1 aliphatic rings. The molecule has 1 aliphatic heterocycles. The summed E-state index contributed by atoms with van der Waals surface area (Å²) in [6, 6.07) is 24.3. The number of likely N-dealkylation sites (N-methyl/N-ethyl adjacent to an activating group) is 1. The van der Waals surface area contributed by atoms with Gasteiger partial charge in [0.05, 0.1) is 18.1 Å². The molecule has 0 aromatic heterocycles. The van der Waals surface area contributed by atoms with Crippen molar-refractivity contribution in [1.29, 1.82) is 0 Å². The Kier molecular flexibility index (Phi) is 10.3. The zero-order valence-electron chi connectivity index (χ0n) is 22.6. The highest BCUT2D eigenvalue weighted by Crippen LogP contribution is 2.21. The Balaban J connectivity index is 1.51. The van der Waals surface area contributed by atoms with Crippen molar-refractivity contribution in [3.63, 3.8) is 0 Å². The Morgan fingerprint density at radius 2 is 1.52 bits per heavy atom.